The number of carboxylic acids is 1. The van der Waals surface area contributed by atoms with Crippen LogP contribution < -0.4 is 21.2 Å². The number of hydrazine groups is 1. The Hall–Kier alpha value is -5.15. The van der Waals surface area contributed by atoms with Gasteiger partial charge >= 0.3 is 5.97 Å². The monoisotopic (exact) mass is 839 g/mol. The molecule has 1 fully saturated rings. The van der Waals surface area contributed by atoms with Crippen LogP contribution >= 0.6 is 0 Å². The van der Waals surface area contributed by atoms with Gasteiger partial charge < -0.3 is 40.3 Å². The highest BCUT2D eigenvalue weighted by atomic mass is 19.1. The first kappa shape index (κ1) is 51.0. The van der Waals surface area contributed by atoms with Gasteiger partial charge in [0.1, 0.15) is 35.0 Å². The molecule has 0 aromatic heterocycles. The molecular weight excluding hydrogens is 776 g/mol. The van der Waals surface area contributed by atoms with Crippen LogP contribution in [0.25, 0.3) is 0 Å². The van der Waals surface area contributed by atoms with Gasteiger partial charge in [-0.15, -0.1) is 0 Å². The molecule has 1 aromatic carbocycles. The number of hydrogen-bond acceptors (Lipinski definition) is 11. The molecule has 0 spiro atoms. The van der Waals surface area contributed by atoms with Crippen LogP contribution in [0.1, 0.15) is 106 Å². The fourth-order valence-corrected chi connectivity index (χ4v) is 6.47. The van der Waals surface area contributed by atoms with Crippen molar-refractivity contribution in [2.45, 2.75) is 137 Å². The van der Waals surface area contributed by atoms with Gasteiger partial charge in [0, 0.05) is 31.5 Å². The Bertz CT molecular complexity index is 1750. The highest BCUT2D eigenvalue weighted by Crippen LogP contribution is 2.23. The summed E-state index contributed by atoms with van der Waals surface area (Å²) in [5, 5.41) is 39.4. The number of carboxylic acid groups (broad SMARTS) is 1. The second kappa shape index (κ2) is 24.8. The summed E-state index contributed by atoms with van der Waals surface area (Å²) in [5.41, 5.74) is 3.29. The largest absolute Gasteiger partial charge is 0.548 e. The topological polar surface area (TPSA) is 214 Å². The van der Waals surface area contributed by atoms with Gasteiger partial charge in [0.25, 0.3) is 5.91 Å². The van der Waals surface area contributed by atoms with Crippen molar-refractivity contribution in [2.24, 2.45) is 17.8 Å². The predicted octanol–water partition coefficient (Wildman–Crippen LogP) is 4.05. The minimum absolute atomic E-state index is 0.0103. The van der Waals surface area contributed by atoms with Crippen molar-refractivity contribution in [2.75, 3.05) is 6.54 Å². The zero-order valence-corrected chi connectivity index (χ0v) is 36.2. The number of rotatable bonds is 22. The number of ether oxygens (including phenoxy) is 1. The number of esters is 1. The number of ketones is 1. The van der Waals surface area contributed by atoms with Gasteiger partial charge in [-0.3, -0.25) is 19.4 Å². The molecular formula is C45H64FN4O10-. The number of phenolic OH excluding ortho intramolecular Hbond substituents is 1. The van der Waals surface area contributed by atoms with Crippen LogP contribution in [0.15, 0.2) is 66.3 Å². The van der Waals surface area contributed by atoms with Crippen molar-refractivity contribution in [1.82, 2.24) is 21.1 Å². The zero-order chi connectivity index (χ0) is 45.2. The van der Waals surface area contributed by atoms with Crippen molar-refractivity contribution >= 4 is 35.4 Å². The molecule has 0 saturated carbocycles. The Morgan fingerprint density at radius 1 is 1.00 bits per heavy atom. The standard InChI is InChI=1S/C45H65FN4O10/c1-28(2)39(42(56)47-37(26-32-24-33(46)27-34(52)25-32)43(57)50-23-15-19-36(49-50)44(58)59)48-41(55)35(22-21-31(5)51)40(54)30(4)18-13-11-9-10-12-16-29(3)17-14-20-38(53)60-45(6,7)8/h9-11,13-14,17,20,24-25,27-28,30,35-37,39-40,49,52,54H,12,15-16,18-19,21-23,26H2,1-8H3,(H,47,56)(H,48,55)(H,58,59)/p-1/b10-9+,13-11+,20-14+,29-17+/t30-,35+,36?,37?,39-,40+/m0/s1. The molecule has 332 valence electrons. The van der Waals surface area contributed by atoms with Crippen molar-refractivity contribution in [3.8, 4) is 5.75 Å². The first-order chi connectivity index (χ1) is 28.1. The van der Waals surface area contributed by atoms with Gasteiger partial charge in [-0.25, -0.2) is 14.6 Å². The second-order valence-corrected chi connectivity index (χ2v) is 16.8. The average Bonchev–Trinajstić information content (AvgIpc) is 3.14. The van der Waals surface area contributed by atoms with E-state index in [1.54, 1.807) is 47.6 Å². The summed E-state index contributed by atoms with van der Waals surface area (Å²) in [6.07, 6.45) is 13.5. The van der Waals surface area contributed by atoms with E-state index in [0.29, 0.717) is 12.8 Å². The van der Waals surface area contributed by atoms with Gasteiger partial charge in [0.05, 0.1) is 24.0 Å². The lowest BCUT2D eigenvalue weighted by Crippen LogP contribution is -2.63. The number of Topliss-reactive ketones (excluding diaryl/α,β-unsaturated/α-hetero) is 1. The summed E-state index contributed by atoms with van der Waals surface area (Å²) >= 11 is 0. The first-order valence-corrected chi connectivity index (χ1v) is 20.5. The summed E-state index contributed by atoms with van der Waals surface area (Å²) in [6, 6.07) is -0.546. The molecule has 60 heavy (non-hydrogen) atoms. The number of allylic oxidation sites excluding steroid dienone is 7. The molecule has 5 N–H and O–H groups in total. The number of aliphatic hydroxyl groups is 1. The number of aromatic hydroxyl groups is 1. The Morgan fingerprint density at radius 2 is 1.68 bits per heavy atom. The van der Waals surface area contributed by atoms with E-state index in [0.717, 1.165) is 35.6 Å². The van der Waals surface area contributed by atoms with Crippen molar-refractivity contribution < 1.29 is 53.2 Å². The third kappa shape index (κ3) is 18.8. The highest BCUT2D eigenvalue weighted by molar-refractivity contribution is 5.93. The molecule has 15 heteroatoms. The Morgan fingerprint density at radius 3 is 2.30 bits per heavy atom. The van der Waals surface area contributed by atoms with Gasteiger partial charge in [0.15, 0.2) is 0 Å². The Balaban J connectivity index is 2.15. The predicted molar refractivity (Wildman–Crippen MR) is 223 cm³/mol. The molecule has 0 bridgehead atoms. The maximum Gasteiger partial charge on any atom is 0.331 e. The number of nitrogens with zero attached hydrogens (tertiary/aromatic N) is 1. The molecule has 2 rings (SSSR count). The summed E-state index contributed by atoms with van der Waals surface area (Å²) < 4.78 is 19.5. The number of aliphatic hydroxyl groups excluding tert-OH is 1. The molecule has 0 aliphatic carbocycles. The normalized spacial score (nSPS) is 17.7. The summed E-state index contributed by atoms with van der Waals surface area (Å²) in [4.78, 5) is 77.0. The lowest BCUT2D eigenvalue weighted by Gasteiger charge is -2.37. The van der Waals surface area contributed by atoms with E-state index in [-0.39, 0.29) is 43.6 Å². The number of nitrogens with one attached hydrogen (secondary N) is 3. The Labute approximate surface area is 353 Å². The van der Waals surface area contributed by atoms with E-state index < -0.39 is 88.8 Å². The molecule has 1 aliphatic heterocycles. The third-order valence-corrected chi connectivity index (χ3v) is 9.74. The van der Waals surface area contributed by atoms with E-state index in [1.807, 2.05) is 37.3 Å². The van der Waals surface area contributed by atoms with Gasteiger partial charge in [-0.05, 0) is 103 Å². The third-order valence-electron chi connectivity index (χ3n) is 9.74. The molecule has 1 heterocycles. The van der Waals surface area contributed by atoms with Gasteiger partial charge in [0.2, 0.25) is 11.8 Å². The van der Waals surface area contributed by atoms with Crippen LogP contribution in [-0.2, 0) is 39.9 Å². The van der Waals surface area contributed by atoms with E-state index in [2.05, 4.69) is 16.1 Å². The number of carbonyl (C=O) groups is 6. The van der Waals surface area contributed by atoms with Gasteiger partial charge in [-0.1, -0.05) is 62.8 Å². The van der Waals surface area contributed by atoms with E-state index in [4.69, 9.17) is 4.74 Å². The van der Waals surface area contributed by atoms with Gasteiger partial charge in [-0.2, -0.15) is 0 Å². The summed E-state index contributed by atoms with van der Waals surface area (Å²) in [7, 11) is 0. The lowest BCUT2D eigenvalue weighted by atomic mass is 9.85. The molecule has 1 aliphatic rings. The SMILES string of the molecule is CC(=O)CC[C@@H](C(=O)N[C@H](C(=O)NC(Cc1cc(O)cc(F)c1)C(=O)N1CCCC(C(=O)[O-])N1)C(C)C)[C@H](O)[C@@H](C)C/C=C/C=C/CC/C(C)=C/C=C/C(=O)OC(C)(C)C. The number of benzene rings is 1. The van der Waals surface area contributed by atoms with Crippen LogP contribution in [0, 0.1) is 23.6 Å². The highest BCUT2D eigenvalue weighted by Gasteiger charge is 2.36. The van der Waals surface area contributed by atoms with E-state index in [9.17, 15) is 48.5 Å². The summed E-state index contributed by atoms with van der Waals surface area (Å²) in [5.74, 6) is -7.34. The quantitative estimate of drug-likeness (QED) is 0.0638. The molecule has 6 atom stereocenters. The smallest absolute Gasteiger partial charge is 0.331 e. The zero-order valence-electron chi connectivity index (χ0n) is 36.2. The van der Waals surface area contributed by atoms with Crippen LogP contribution in [0.5, 0.6) is 5.75 Å². The maximum absolute atomic E-state index is 14.2. The molecule has 1 saturated heterocycles. The number of halogens is 1. The lowest BCUT2D eigenvalue weighted by molar-refractivity contribution is -0.310. The minimum atomic E-state index is -1.41. The number of hydrogen-bond donors (Lipinski definition) is 5. The van der Waals surface area contributed by atoms with E-state index in [1.165, 1.54) is 19.1 Å². The minimum Gasteiger partial charge on any atom is -0.548 e. The molecule has 14 nitrogen and oxygen atoms in total. The Kier molecular flexibility index (Phi) is 21.1. The van der Waals surface area contributed by atoms with Crippen molar-refractivity contribution in [3.63, 3.8) is 0 Å². The first-order valence-electron chi connectivity index (χ1n) is 20.5. The fraction of sp³-hybridized carbons (Fsp3) is 0.556. The average molecular weight is 840 g/mol. The fourth-order valence-electron chi connectivity index (χ4n) is 6.47. The molecule has 2 unspecified atom stereocenters. The second-order valence-electron chi connectivity index (χ2n) is 16.8. The van der Waals surface area contributed by atoms with Crippen LogP contribution in [0.2, 0.25) is 0 Å². The maximum atomic E-state index is 14.2. The number of phenols is 1. The molecule has 3 amide bonds. The van der Waals surface area contributed by atoms with Crippen LogP contribution in [-0.4, -0.2) is 87.0 Å². The number of aliphatic carboxylic acids is 1. The van der Waals surface area contributed by atoms with E-state index >= 15 is 0 Å². The van der Waals surface area contributed by atoms with Crippen molar-refractivity contribution in [3.05, 3.63) is 77.7 Å². The summed E-state index contributed by atoms with van der Waals surface area (Å²) in [6.45, 7) is 14.0. The van der Waals surface area contributed by atoms with Crippen molar-refractivity contribution in [1.29, 1.82) is 0 Å². The molecule has 1 aromatic rings. The van der Waals surface area contributed by atoms with Crippen LogP contribution in [0.3, 0.4) is 0 Å². The number of carbonyl (C=O) groups excluding carboxylic acids is 6. The molecule has 0 radical (unpaired) electrons. The van der Waals surface area contributed by atoms with Crippen LogP contribution in [0.4, 0.5) is 4.39 Å². The number of amides is 3.